The summed E-state index contributed by atoms with van der Waals surface area (Å²) in [5, 5.41) is 11.4. The van der Waals surface area contributed by atoms with Crippen molar-refractivity contribution in [1.29, 1.82) is 0 Å². The van der Waals surface area contributed by atoms with Crippen LogP contribution in [0.2, 0.25) is 0 Å². The second-order valence-electron chi connectivity index (χ2n) is 4.67. The van der Waals surface area contributed by atoms with Gasteiger partial charge in [0.25, 0.3) is 0 Å². The molecular formula is C14H19F3N2O2. The number of amides is 2. The molecule has 0 bridgehead atoms. The molecule has 0 radical (unpaired) electrons. The summed E-state index contributed by atoms with van der Waals surface area (Å²) in [6, 6.07) is 2.68. The lowest BCUT2D eigenvalue weighted by Crippen LogP contribution is -2.37. The van der Waals surface area contributed by atoms with Crippen LogP contribution in [0.15, 0.2) is 18.2 Å². The third-order valence-electron chi connectivity index (χ3n) is 2.96. The number of aliphatic hydroxyl groups excluding tert-OH is 1. The van der Waals surface area contributed by atoms with Gasteiger partial charge < -0.3 is 15.3 Å². The van der Waals surface area contributed by atoms with Crippen LogP contribution in [0.4, 0.5) is 23.7 Å². The van der Waals surface area contributed by atoms with Crippen LogP contribution in [0.25, 0.3) is 0 Å². The third kappa shape index (κ3) is 4.93. The minimum atomic E-state index is -4.46. The highest BCUT2D eigenvalue weighted by molar-refractivity contribution is 5.90. The molecule has 0 aromatic heterocycles. The van der Waals surface area contributed by atoms with Crippen molar-refractivity contribution in [3.8, 4) is 0 Å². The summed E-state index contributed by atoms with van der Waals surface area (Å²) in [6.45, 7) is 3.84. The van der Waals surface area contributed by atoms with Gasteiger partial charge in [0.15, 0.2) is 0 Å². The van der Waals surface area contributed by atoms with E-state index in [1.165, 1.54) is 11.0 Å². The van der Waals surface area contributed by atoms with Crippen LogP contribution in [0.3, 0.4) is 0 Å². The monoisotopic (exact) mass is 304 g/mol. The Balaban J connectivity index is 2.93. The number of nitrogens with zero attached hydrogens (tertiary/aromatic N) is 1. The minimum absolute atomic E-state index is 0.119. The number of aliphatic hydroxyl groups is 1. The molecule has 0 aliphatic rings. The number of carbonyl (C=O) groups is 1. The molecule has 0 spiro atoms. The van der Waals surface area contributed by atoms with E-state index in [1.54, 1.807) is 6.92 Å². The first-order valence-corrected chi connectivity index (χ1v) is 6.64. The summed E-state index contributed by atoms with van der Waals surface area (Å²) < 4.78 is 38.0. The number of alkyl halides is 3. The molecule has 0 saturated carbocycles. The topological polar surface area (TPSA) is 52.6 Å². The molecule has 2 N–H and O–H groups in total. The molecule has 0 aliphatic heterocycles. The van der Waals surface area contributed by atoms with E-state index >= 15 is 0 Å². The van der Waals surface area contributed by atoms with Crippen LogP contribution >= 0.6 is 0 Å². The zero-order chi connectivity index (χ0) is 16.0. The van der Waals surface area contributed by atoms with Crippen molar-refractivity contribution in [2.75, 3.05) is 25.0 Å². The molecule has 1 aromatic rings. The van der Waals surface area contributed by atoms with E-state index in [4.69, 9.17) is 5.11 Å². The third-order valence-corrected chi connectivity index (χ3v) is 2.96. The van der Waals surface area contributed by atoms with E-state index in [-0.39, 0.29) is 18.8 Å². The number of halogens is 3. The largest absolute Gasteiger partial charge is 0.416 e. The van der Waals surface area contributed by atoms with Gasteiger partial charge in [-0.25, -0.2) is 4.79 Å². The first kappa shape index (κ1) is 17.3. The lowest BCUT2D eigenvalue weighted by molar-refractivity contribution is -0.137. The van der Waals surface area contributed by atoms with Crippen LogP contribution in [-0.2, 0) is 6.18 Å². The average Bonchev–Trinajstić information content (AvgIpc) is 2.39. The van der Waals surface area contributed by atoms with Crippen LogP contribution in [0.5, 0.6) is 0 Å². The van der Waals surface area contributed by atoms with E-state index in [9.17, 15) is 18.0 Å². The predicted octanol–water partition coefficient (Wildman–Crippen LogP) is 3.25. The first-order valence-electron chi connectivity index (χ1n) is 6.64. The standard InChI is InChI=1S/C14H19F3N2O2/c1-3-6-19(7-8-20)13(21)18-12-9-11(14(15,16)17)5-4-10(12)2/h4-5,9,20H,3,6-8H2,1-2H3,(H,18,21). The second kappa shape index (κ2) is 7.31. The van der Waals surface area contributed by atoms with E-state index in [2.05, 4.69) is 5.32 Å². The van der Waals surface area contributed by atoms with Crippen LogP contribution in [-0.4, -0.2) is 35.7 Å². The van der Waals surface area contributed by atoms with E-state index < -0.39 is 17.8 Å². The molecular weight excluding hydrogens is 285 g/mol. The predicted molar refractivity (Wildman–Crippen MR) is 74.1 cm³/mol. The molecule has 2 amide bonds. The molecule has 1 rings (SSSR count). The van der Waals surface area contributed by atoms with Gasteiger partial charge in [-0.3, -0.25) is 0 Å². The molecule has 0 atom stereocenters. The van der Waals surface area contributed by atoms with Gasteiger partial charge in [0.2, 0.25) is 0 Å². The van der Waals surface area contributed by atoms with Gasteiger partial charge >= 0.3 is 12.2 Å². The summed E-state index contributed by atoms with van der Waals surface area (Å²) in [7, 11) is 0. The minimum Gasteiger partial charge on any atom is -0.395 e. The Kier molecular flexibility index (Phi) is 6.02. The Morgan fingerprint density at radius 1 is 1.33 bits per heavy atom. The second-order valence-corrected chi connectivity index (χ2v) is 4.67. The molecule has 0 aliphatic carbocycles. The maximum atomic E-state index is 12.7. The SMILES string of the molecule is CCCN(CCO)C(=O)Nc1cc(C(F)(F)F)ccc1C. The number of aryl methyl sites for hydroxylation is 1. The number of hydrogen-bond donors (Lipinski definition) is 2. The number of rotatable bonds is 5. The molecule has 0 unspecified atom stereocenters. The van der Waals surface area contributed by atoms with Crippen molar-refractivity contribution in [2.24, 2.45) is 0 Å². The van der Waals surface area contributed by atoms with Crippen molar-refractivity contribution >= 4 is 11.7 Å². The zero-order valence-electron chi connectivity index (χ0n) is 12.0. The highest BCUT2D eigenvalue weighted by Gasteiger charge is 2.31. The van der Waals surface area contributed by atoms with Crippen LogP contribution < -0.4 is 5.32 Å². The van der Waals surface area contributed by atoms with Crippen molar-refractivity contribution in [2.45, 2.75) is 26.4 Å². The Hall–Kier alpha value is -1.76. The lowest BCUT2D eigenvalue weighted by atomic mass is 10.1. The van der Waals surface area contributed by atoms with Crippen molar-refractivity contribution in [1.82, 2.24) is 4.90 Å². The van der Waals surface area contributed by atoms with Gasteiger partial charge in [-0.2, -0.15) is 13.2 Å². The fourth-order valence-electron chi connectivity index (χ4n) is 1.83. The van der Waals surface area contributed by atoms with E-state index in [0.29, 0.717) is 18.5 Å². The zero-order valence-corrected chi connectivity index (χ0v) is 12.0. The fraction of sp³-hybridized carbons (Fsp3) is 0.500. The molecule has 0 saturated heterocycles. The average molecular weight is 304 g/mol. The van der Waals surface area contributed by atoms with Gasteiger partial charge in [0, 0.05) is 18.8 Å². The van der Waals surface area contributed by atoms with E-state index in [0.717, 1.165) is 12.1 Å². The summed E-state index contributed by atoms with van der Waals surface area (Å²) in [6.07, 6.45) is -3.77. The lowest BCUT2D eigenvalue weighted by Gasteiger charge is -2.22. The fourth-order valence-corrected chi connectivity index (χ4v) is 1.83. The number of urea groups is 1. The summed E-state index contributed by atoms with van der Waals surface area (Å²) in [4.78, 5) is 13.4. The van der Waals surface area contributed by atoms with Gasteiger partial charge in [0.05, 0.1) is 12.2 Å². The summed E-state index contributed by atoms with van der Waals surface area (Å²) in [5.41, 5.74) is -0.154. The Bertz CT molecular complexity index is 484. The summed E-state index contributed by atoms with van der Waals surface area (Å²) >= 11 is 0. The number of benzene rings is 1. The smallest absolute Gasteiger partial charge is 0.395 e. The summed E-state index contributed by atoms with van der Waals surface area (Å²) in [5.74, 6) is 0. The molecule has 0 heterocycles. The van der Waals surface area contributed by atoms with Gasteiger partial charge in [0.1, 0.15) is 0 Å². The van der Waals surface area contributed by atoms with Gasteiger partial charge in [-0.15, -0.1) is 0 Å². The molecule has 118 valence electrons. The highest BCUT2D eigenvalue weighted by atomic mass is 19.4. The molecule has 4 nitrogen and oxygen atoms in total. The maximum Gasteiger partial charge on any atom is 0.416 e. The Morgan fingerprint density at radius 2 is 2.00 bits per heavy atom. The van der Waals surface area contributed by atoms with Crippen molar-refractivity contribution < 1.29 is 23.1 Å². The Labute approximate surface area is 121 Å². The number of carbonyl (C=O) groups excluding carboxylic acids is 1. The van der Waals surface area contributed by atoms with Gasteiger partial charge in [-0.1, -0.05) is 13.0 Å². The molecule has 21 heavy (non-hydrogen) atoms. The van der Waals surface area contributed by atoms with Gasteiger partial charge in [-0.05, 0) is 31.0 Å². The van der Waals surface area contributed by atoms with E-state index in [1.807, 2.05) is 6.92 Å². The van der Waals surface area contributed by atoms with Crippen LogP contribution in [0, 0.1) is 6.92 Å². The quantitative estimate of drug-likeness (QED) is 0.877. The maximum absolute atomic E-state index is 12.7. The highest BCUT2D eigenvalue weighted by Crippen LogP contribution is 2.32. The number of anilines is 1. The van der Waals surface area contributed by atoms with Crippen molar-refractivity contribution in [3.63, 3.8) is 0 Å². The molecule has 1 aromatic carbocycles. The molecule has 7 heteroatoms. The Morgan fingerprint density at radius 3 is 2.52 bits per heavy atom. The van der Waals surface area contributed by atoms with Crippen LogP contribution in [0.1, 0.15) is 24.5 Å². The number of hydrogen-bond acceptors (Lipinski definition) is 2. The number of nitrogens with one attached hydrogen (secondary N) is 1. The normalized spacial score (nSPS) is 11.3. The van der Waals surface area contributed by atoms with Crippen molar-refractivity contribution in [3.05, 3.63) is 29.3 Å². The first-order chi connectivity index (χ1) is 9.79. The molecule has 0 fully saturated rings.